The van der Waals surface area contributed by atoms with Gasteiger partial charge < -0.3 is 25.5 Å². The number of carbonyl (C=O) groups is 3. The highest BCUT2D eigenvalue weighted by Crippen LogP contribution is 2.17. The number of amides is 3. The summed E-state index contributed by atoms with van der Waals surface area (Å²) in [5.74, 6) is -3.44. The van der Waals surface area contributed by atoms with E-state index in [1.54, 1.807) is 4.90 Å². The minimum atomic E-state index is -1.11. The molecule has 3 atom stereocenters. The number of benzene rings is 2. The van der Waals surface area contributed by atoms with Crippen LogP contribution in [0.1, 0.15) is 56.7 Å². The Balaban J connectivity index is 1.68. The summed E-state index contributed by atoms with van der Waals surface area (Å²) in [4.78, 5) is 41.5. The molecule has 8 nitrogen and oxygen atoms in total. The van der Waals surface area contributed by atoms with Crippen LogP contribution in [0, 0.1) is 11.6 Å². The van der Waals surface area contributed by atoms with E-state index in [-0.39, 0.29) is 37.7 Å². The van der Waals surface area contributed by atoms with E-state index >= 15 is 0 Å². The first kappa shape index (κ1) is 32.1. The monoisotopic (exact) mass is 572 g/mol. The Morgan fingerprint density at radius 1 is 1.02 bits per heavy atom. The molecule has 3 amide bonds. The predicted molar refractivity (Wildman–Crippen MR) is 153 cm³/mol. The summed E-state index contributed by atoms with van der Waals surface area (Å²) in [6.07, 6.45) is 2.07. The van der Waals surface area contributed by atoms with Gasteiger partial charge in [-0.25, -0.2) is 8.78 Å². The Morgan fingerprint density at radius 3 is 2.39 bits per heavy atom. The molecule has 41 heavy (non-hydrogen) atoms. The highest BCUT2D eigenvalue weighted by Gasteiger charge is 2.38. The second kappa shape index (κ2) is 15.6. The molecule has 1 aliphatic rings. The number of piperazine rings is 1. The molecule has 2 aromatic carbocycles. The number of aliphatic hydroxyl groups is 1. The highest BCUT2D eigenvalue weighted by molar-refractivity contribution is 6.35. The summed E-state index contributed by atoms with van der Waals surface area (Å²) < 4.78 is 27.8. The molecule has 0 aliphatic carbocycles. The molecule has 3 N–H and O–H groups in total. The number of rotatable bonds is 15. The van der Waals surface area contributed by atoms with Crippen molar-refractivity contribution in [3.05, 3.63) is 70.8 Å². The number of unbranched alkanes of at least 4 members (excludes halogenated alkanes) is 1. The van der Waals surface area contributed by atoms with E-state index in [1.165, 1.54) is 10.5 Å². The molecular weight excluding hydrogens is 530 g/mol. The molecule has 224 valence electrons. The van der Waals surface area contributed by atoms with Gasteiger partial charge in [-0.05, 0) is 54.5 Å². The maximum atomic E-state index is 13.9. The number of nitrogens with zero attached hydrogens (tertiary/aromatic N) is 2. The van der Waals surface area contributed by atoms with E-state index in [0.717, 1.165) is 43.0 Å². The number of halogens is 2. The summed E-state index contributed by atoms with van der Waals surface area (Å²) in [6.45, 7) is 6.96. The number of nitrogens with one attached hydrogen (secondary N) is 2. The molecule has 1 heterocycles. The fraction of sp³-hybridized carbons (Fsp3) is 0.516. The minimum absolute atomic E-state index is 0.0379. The van der Waals surface area contributed by atoms with Crippen LogP contribution in [-0.4, -0.2) is 77.0 Å². The number of hydrogen-bond acceptors (Lipinski definition) is 5. The number of hydrogen-bond donors (Lipinski definition) is 3. The van der Waals surface area contributed by atoms with E-state index in [9.17, 15) is 28.3 Å². The Morgan fingerprint density at radius 2 is 1.73 bits per heavy atom. The van der Waals surface area contributed by atoms with Crippen molar-refractivity contribution in [1.82, 2.24) is 20.4 Å². The molecule has 1 fully saturated rings. The highest BCUT2D eigenvalue weighted by atomic mass is 19.1. The van der Waals surface area contributed by atoms with Gasteiger partial charge in [0.15, 0.2) is 0 Å². The Labute approximate surface area is 241 Å². The molecule has 0 saturated carbocycles. The zero-order valence-electron chi connectivity index (χ0n) is 24.2. The largest absolute Gasteiger partial charge is 0.390 e. The quantitative estimate of drug-likeness (QED) is 0.285. The van der Waals surface area contributed by atoms with Crippen LogP contribution in [0.25, 0.3) is 0 Å². The smallest absolute Gasteiger partial charge is 0.312 e. The third-order valence-electron chi connectivity index (χ3n) is 7.43. The van der Waals surface area contributed by atoms with E-state index in [2.05, 4.69) is 23.6 Å². The van der Waals surface area contributed by atoms with Crippen LogP contribution in [0.3, 0.4) is 0 Å². The van der Waals surface area contributed by atoms with Crippen molar-refractivity contribution >= 4 is 17.7 Å². The van der Waals surface area contributed by atoms with Crippen LogP contribution in [-0.2, 0) is 33.8 Å². The van der Waals surface area contributed by atoms with E-state index in [0.29, 0.717) is 19.5 Å². The van der Waals surface area contributed by atoms with Gasteiger partial charge in [0.05, 0.1) is 12.1 Å². The lowest BCUT2D eigenvalue weighted by Crippen LogP contribution is -2.61. The van der Waals surface area contributed by atoms with Crippen molar-refractivity contribution < 1.29 is 28.3 Å². The lowest BCUT2D eigenvalue weighted by atomic mass is 10.00. The molecule has 1 saturated heterocycles. The predicted octanol–water partition coefficient (Wildman–Crippen LogP) is 2.95. The molecule has 3 rings (SSSR count). The second-order valence-electron chi connectivity index (χ2n) is 10.6. The van der Waals surface area contributed by atoms with E-state index < -0.39 is 41.5 Å². The van der Waals surface area contributed by atoms with Crippen molar-refractivity contribution in [2.75, 3.05) is 26.2 Å². The van der Waals surface area contributed by atoms with Gasteiger partial charge in [0.2, 0.25) is 5.91 Å². The Bertz CT molecular complexity index is 1170. The first-order valence-electron chi connectivity index (χ1n) is 14.5. The third kappa shape index (κ3) is 9.33. The molecular formula is C31H42F2N4O4. The SMILES string of the molecule is CCCCN1C(=O)C(=O)N(CC(=O)N[C@@H](Cc2cc(F)cc(F)c2)[C@@H](O)CNCc2cccc(CC)c2)C[C@@H]1CC. The molecule has 0 bridgehead atoms. The van der Waals surface area contributed by atoms with Gasteiger partial charge in [-0.15, -0.1) is 0 Å². The fourth-order valence-electron chi connectivity index (χ4n) is 5.12. The van der Waals surface area contributed by atoms with E-state index in [4.69, 9.17) is 0 Å². The van der Waals surface area contributed by atoms with E-state index in [1.807, 2.05) is 32.0 Å². The van der Waals surface area contributed by atoms with Gasteiger partial charge in [-0.1, -0.05) is 51.5 Å². The summed E-state index contributed by atoms with van der Waals surface area (Å²) in [6, 6.07) is 10.0. The van der Waals surface area contributed by atoms with Crippen molar-refractivity contribution in [3.63, 3.8) is 0 Å². The minimum Gasteiger partial charge on any atom is -0.390 e. The number of carbonyl (C=O) groups excluding carboxylic acids is 3. The first-order chi connectivity index (χ1) is 19.6. The lowest BCUT2D eigenvalue weighted by Gasteiger charge is -2.40. The zero-order valence-corrected chi connectivity index (χ0v) is 24.2. The fourth-order valence-corrected chi connectivity index (χ4v) is 5.12. The summed E-state index contributed by atoms with van der Waals surface area (Å²) in [5.41, 5.74) is 2.49. The maximum absolute atomic E-state index is 13.9. The average molecular weight is 573 g/mol. The average Bonchev–Trinajstić information content (AvgIpc) is 2.94. The van der Waals surface area contributed by atoms with Crippen LogP contribution in [0.15, 0.2) is 42.5 Å². The normalized spacial score (nSPS) is 17.1. The summed E-state index contributed by atoms with van der Waals surface area (Å²) >= 11 is 0. The van der Waals surface area contributed by atoms with Crippen molar-refractivity contribution in [2.45, 2.75) is 77.6 Å². The summed E-state index contributed by atoms with van der Waals surface area (Å²) in [7, 11) is 0. The van der Waals surface area contributed by atoms with Gasteiger partial charge in [0.25, 0.3) is 0 Å². The van der Waals surface area contributed by atoms with Gasteiger partial charge >= 0.3 is 11.8 Å². The zero-order chi connectivity index (χ0) is 29.9. The van der Waals surface area contributed by atoms with Gasteiger partial charge in [-0.3, -0.25) is 14.4 Å². The molecule has 0 unspecified atom stereocenters. The van der Waals surface area contributed by atoms with Crippen molar-refractivity contribution in [3.8, 4) is 0 Å². The van der Waals surface area contributed by atoms with Gasteiger partial charge in [-0.2, -0.15) is 0 Å². The third-order valence-corrected chi connectivity index (χ3v) is 7.43. The second-order valence-corrected chi connectivity index (χ2v) is 10.6. The molecule has 2 aromatic rings. The standard InChI is InChI=1S/C31H42F2N4O4/c1-4-7-11-37-26(6-3)19-36(30(40)31(37)41)20-29(39)35-27(15-23-13-24(32)16-25(33)14-23)28(38)18-34-17-22-10-8-9-21(5-2)12-22/h8-10,12-14,16,26-28,34,38H,4-7,11,15,17-20H2,1-3H3,(H,35,39)/t26-,27-,28-/m0/s1. The maximum Gasteiger partial charge on any atom is 0.312 e. The topological polar surface area (TPSA) is 102 Å². The lowest BCUT2D eigenvalue weighted by molar-refractivity contribution is -0.160. The van der Waals surface area contributed by atoms with Crippen LogP contribution in [0.4, 0.5) is 8.78 Å². The Hall–Kier alpha value is -3.37. The number of aliphatic hydroxyl groups excluding tert-OH is 1. The van der Waals surface area contributed by atoms with Gasteiger partial charge in [0.1, 0.15) is 18.2 Å². The van der Waals surface area contributed by atoms with Gasteiger partial charge in [0, 0.05) is 38.3 Å². The van der Waals surface area contributed by atoms with Crippen molar-refractivity contribution in [2.24, 2.45) is 0 Å². The molecule has 0 aromatic heterocycles. The number of aryl methyl sites for hydroxylation is 1. The molecule has 0 spiro atoms. The molecule has 10 heteroatoms. The van der Waals surface area contributed by atoms with Crippen LogP contribution >= 0.6 is 0 Å². The van der Waals surface area contributed by atoms with Crippen LogP contribution in [0.2, 0.25) is 0 Å². The van der Waals surface area contributed by atoms with Crippen LogP contribution < -0.4 is 10.6 Å². The molecule has 1 aliphatic heterocycles. The first-order valence-corrected chi connectivity index (χ1v) is 14.5. The summed E-state index contributed by atoms with van der Waals surface area (Å²) in [5, 5.41) is 16.9. The van der Waals surface area contributed by atoms with Crippen molar-refractivity contribution in [1.29, 1.82) is 0 Å². The molecule has 0 radical (unpaired) electrons. The Kier molecular flexibility index (Phi) is 12.2. The van der Waals surface area contributed by atoms with Crippen LogP contribution in [0.5, 0.6) is 0 Å².